The number of ether oxygens (including phenoxy) is 2. The van der Waals surface area contributed by atoms with Crippen molar-refractivity contribution in [1.29, 1.82) is 0 Å². The van der Waals surface area contributed by atoms with Gasteiger partial charge in [-0.1, -0.05) is 0 Å². The van der Waals surface area contributed by atoms with E-state index >= 15 is 0 Å². The van der Waals surface area contributed by atoms with E-state index in [4.69, 9.17) is 9.47 Å². The van der Waals surface area contributed by atoms with Gasteiger partial charge in [0.05, 0.1) is 6.61 Å². The van der Waals surface area contributed by atoms with Crippen LogP contribution in [-0.4, -0.2) is 26.1 Å². The number of hydrogen-bond donors (Lipinski definition) is 0. The Morgan fingerprint density at radius 1 is 1.47 bits per heavy atom. The zero-order valence-electron chi connectivity index (χ0n) is 8.70. The Balaban J connectivity index is 2.76. The van der Waals surface area contributed by atoms with Gasteiger partial charge < -0.3 is 9.47 Å². The summed E-state index contributed by atoms with van der Waals surface area (Å²) >= 11 is 0. The van der Waals surface area contributed by atoms with Crippen molar-refractivity contribution in [2.45, 2.75) is 13.0 Å². The molecule has 82 valence electrons. The highest BCUT2D eigenvalue weighted by Crippen LogP contribution is 2.16. The maximum Gasteiger partial charge on any atom is 0.150 e. The Kier molecular flexibility index (Phi) is 4.24. The molecule has 1 rings (SSSR count). The third kappa shape index (κ3) is 3.67. The number of methoxy groups -OCH3 is 1. The summed E-state index contributed by atoms with van der Waals surface area (Å²) in [7, 11) is 1.56. The van der Waals surface area contributed by atoms with Crippen LogP contribution in [0, 0.1) is 5.82 Å². The first-order valence-corrected chi connectivity index (χ1v) is 4.57. The fourth-order valence-corrected chi connectivity index (χ4v) is 1.22. The Hall–Kier alpha value is -1.42. The second-order valence-electron chi connectivity index (χ2n) is 3.22. The van der Waals surface area contributed by atoms with Gasteiger partial charge in [0, 0.05) is 18.7 Å². The van der Waals surface area contributed by atoms with E-state index in [2.05, 4.69) is 0 Å². The molecular weight excluding hydrogens is 199 g/mol. The third-order valence-electron chi connectivity index (χ3n) is 1.77. The number of halogens is 1. The zero-order chi connectivity index (χ0) is 11.3. The van der Waals surface area contributed by atoms with Crippen molar-refractivity contribution in [1.82, 2.24) is 0 Å². The summed E-state index contributed by atoms with van der Waals surface area (Å²) in [6, 6.07) is 3.88. The molecule has 0 N–H and O–H groups in total. The lowest BCUT2D eigenvalue weighted by atomic mass is 10.2. The molecule has 0 aliphatic heterocycles. The lowest BCUT2D eigenvalue weighted by Crippen LogP contribution is -2.18. The Labute approximate surface area is 87.8 Å². The number of hydrogen-bond acceptors (Lipinski definition) is 3. The van der Waals surface area contributed by atoms with Crippen molar-refractivity contribution < 1.29 is 18.7 Å². The predicted molar refractivity (Wildman–Crippen MR) is 53.8 cm³/mol. The fourth-order valence-electron chi connectivity index (χ4n) is 1.22. The first kappa shape index (κ1) is 11.7. The predicted octanol–water partition coefficient (Wildman–Crippen LogP) is 2.05. The summed E-state index contributed by atoms with van der Waals surface area (Å²) in [6.07, 6.45) is 0.396. The normalized spacial score (nSPS) is 12.2. The molecule has 0 heterocycles. The Morgan fingerprint density at radius 2 is 2.20 bits per heavy atom. The first-order chi connectivity index (χ1) is 7.15. The molecule has 0 bridgehead atoms. The molecule has 1 aromatic rings. The van der Waals surface area contributed by atoms with Crippen molar-refractivity contribution in [2.24, 2.45) is 0 Å². The number of carbonyl (C=O) groups excluding carboxylic acids is 1. The number of carbonyl (C=O) groups is 1. The summed E-state index contributed by atoms with van der Waals surface area (Å²) in [4.78, 5) is 10.5. The standard InChI is InChI=1S/C11H13FO3/c1-8(7-14-2)15-11-4-9(6-13)3-10(12)5-11/h3-6,8H,7H2,1-2H3. The van der Waals surface area contributed by atoms with Crippen LogP contribution in [0.2, 0.25) is 0 Å². The third-order valence-corrected chi connectivity index (χ3v) is 1.77. The van der Waals surface area contributed by atoms with Crippen molar-refractivity contribution in [3.8, 4) is 5.75 Å². The molecule has 15 heavy (non-hydrogen) atoms. The summed E-state index contributed by atoms with van der Waals surface area (Å²) in [5, 5.41) is 0. The van der Waals surface area contributed by atoms with Gasteiger partial charge in [-0.15, -0.1) is 0 Å². The van der Waals surface area contributed by atoms with Gasteiger partial charge >= 0.3 is 0 Å². The molecule has 0 fully saturated rings. The van der Waals surface area contributed by atoms with Crippen LogP contribution >= 0.6 is 0 Å². The summed E-state index contributed by atoms with van der Waals surface area (Å²) in [6.45, 7) is 2.21. The van der Waals surface area contributed by atoms with Crippen molar-refractivity contribution in [3.05, 3.63) is 29.6 Å². The van der Waals surface area contributed by atoms with Crippen molar-refractivity contribution >= 4 is 6.29 Å². The van der Waals surface area contributed by atoms with Crippen molar-refractivity contribution in [2.75, 3.05) is 13.7 Å². The van der Waals surface area contributed by atoms with Gasteiger partial charge in [-0.05, 0) is 19.1 Å². The van der Waals surface area contributed by atoms with Gasteiger partial charge in [0.2, 0.25) is 0 Å². The van der Waals surface area contributed by atoms with Gasteiger partial charge in [-0.2, -0.15) is 0 Å². The topological polar surface area (TPSA) is 35.5 Å². The second kappa shape index (κ2) is 5.46. The number of benzene rings is 1. The van der Waals surface area contributed by atoms with E-state index in [1.165, 1.54) is 12.1 Å². The van der Waals surface area contributed by atoms with Crippen LogP contribution in [0.25, 0.3) is 0 Å². The lowest BCUT2D eigenvalue weighted by Gasteiger charge is -2.13. The molecule has 3 nitrogen and oxygen atoms in total. The molecule has 0 aliphatic rings. The van der Waals surface area contributed by atoms with Gasteiger partial charge in [-0.25, -0.2) is 4.39 Å². The quantitative estimate of drug-likeness (QED) is 0.701. The fraction of sp³-hybridized carbons (Fsp3) is 0.364. The van der Waals surface area contributed by atoms with Gasteiger partial charge in [0.1, 0.15) is 24.0 Å². The van der Waals surface area contributed by atoms with E-state index in [1.807, 2.05) is 0 Å². The molecule has 0 spiro atoms. The summed E-state index contributed by atoms with van der Waals surface area (Å²) < 4.78 is 23.2. The zero-order valence-corrected chi connectivity index (χ0v) is 8.70. The van der Waals surface area contributed by atoms with E-state index in [1.54, 1.807) is 14.0 Å². The highest BCUT2D eigenvalue weighted by Gasteiger charge is 2.06. The molecule has 0 aliphatic carbocycles. The summed E-state index contributed by atoms with van der Waals surface area (Å²) in [5.74, 6) is -0.152. The van der Waals surface area contributed by atoms with E-state index < -0.39 is 5.82 Å². The van der Waals surface area contributed by atoms with Gasteiger partial charge in [0.25, 0.3) is 0 Å². The van der Waals surface area contributed by atoms with E-state index in [-0.39, 0.29) is 11.7 Å². The average molecular weight is 212 g/mol. The van der Waals surface area contributed by atoms with Crippen LogP contribution in [-0.2, 0) is 4.74 Å². The molecule has 0 aromatic heterocycles. The molecule has 4 heteroatoms. The maximum atomic E-state index is 13.0. The van der Waals surface area contributed by atoms with Crippen LogP contribution in [0.15, 0.2) is 18.2 Å². The van der Waals surface area contributed by atoms with Gasteiger partial charge in [0.15, 0.2) is 0 Å². The minimum absolute atomic E-state index is 0.184. The highest BCUT2D eigenvalue weighted by molar-refractivity contribution is 5.75. The van der Waals surface area contributed by atoms with Crippen LogP contribution in [0.4, 0.5) is 4.39 Å². The number of rotatable bonds is 5. The Bertz CT molecular complexity index is 339. The van der Waals surface area contributed by atoms with E-state index in [9.17, 15) is 9.18 Å². The van der Waals surface area contributed by atoms with Crippen LogP contribution in [0.3, 0.4) is 0 Å². The van der Waals surface area contributed by atoms with Gasteiger partial charge in [-0.3, -0.25) is 4.79 Å². The second-order valence-corrected chi connectivity index (χ2v) is 3.22. The van der Waals surface area contributed by atoms with Crippen molar-refractivity contribution in [3.63, 3.8) is 0 Å². The van der Waals surface area contributed by atoms with E-state index in [0.717, 1.165) is 6.07 Å². The Morgan fingerprint density at radius 3 is 2.80 bits per heavy atom. The smallest absolute Gasteiger partial charge is 0.150 e. The molecule has 1 atom stereocenters. The number of aldehydes is 1. The molecule has 1 unspecified atom stereocenters. The minimum Gasteiger partial charge on any atom is -0.488 e. The van der Waals surface area contributed by atoms with Crippen LogP contribution < -0.4 is 4.74 Å². The van der Waals surface area contributed by atoms with Crippen LogP contribution in [0.5, 0.6) is 5.75 Å². The molecule has 0 saturated carbocycles. The molecule has 0 radical (unpaired) electrons. The lowest BCUT2D eigenvalue weighted by molar-refractivity contribution is 0.0917. The van der Waals surface area contributed by atoms with E-state index in [0.29, 0.717) is 18.6 Å². The monoisotopic (exact) mass is 212 g/mol. The molecule has 0 amide bonds. The minimum atomic E-state index is -0.487. The molecular formula is C11H13FO3. The molecule has 1 aromatic carbocycles. The van der Waals surface area contributed by atoms with Crippen LogP contribution in [0.1, 0.15) is 17.3 Å². The largest absolute Gasteiger partial charge is 0.488 e. The first-order valence-electron chi connectivity index (χ1n) is 4.57. The average Bonchev–Trinajstić information content (AvgIpc) is 2.17. The highest BCUT2D eigenvalue weighted by atomic mass is 19.1. The SMILES string of the molecule is COCC(C)Oc1cc(F)cc(C=O)c1. The molecule has 0 saturated heterocycles. The summed E-state index contributed by atoms with van der Waals surface area (Å²) in [5.41, 5.74) is 0.259. The maximum absolute atomic E-state index is 13.0.